The van der Waals surface area contributed by atoms with Gasteiger partial charge in [-0.15, -0.1) is 0 Å². The zero-order valence-electron chi connectivity index (χ0n) is 16.7. The highest BCUT2D eigenvalue weighted by atomic mass is 79.9. The largest absolute Gasteiger partial charge is 0.490 e. The van der Waals surface area contributed by atoms with E-state index < -0.39 is 0 Å². The highest BCUT2D eigenvalue weighted by Gasteiger charge is 2.12. The molecule has 1 heterocycles. The van der Waals surface area contributed by atoms with E-state index in [9.17, 15) is 0 Å². The summed E-state index contributed by atoms with van der Waals surface area (Å²) in [4.78, 5) is 2.35. The Hall–Kier alpha value is -1.92. The van der Waals surface area contributed by atoms with Gasteiger partial charge in [0.1, 0.15) is 0 Å². The van der Waals surface area contributed by atoms with Crippen molar-refractivity contribution in [3.8, 4) is 11.5 Å². The van der Waals surface area contributed by atoms with Gasteiger partial charge in [0, 0.05) is 35.5 Å². The fourth-order valence-corrected chi connectivity index (χ4v) is 3.58. The number of halogens is 1. The number of benzene rings is 2. The maximum atomic E-state index is 5.82. The van der Waals surface area contributed by atoms with Crippen molar-refractivity contribution in [3.63, 3.8) is 0 Å². The Labute approximate surface area is 176 Å². The molecule has 1 fully saturated rings. The Morgan fingerprint density at radius 2 is 1.75 bits per heavy atom. The molecule has 0 amide bonds. The lowest BCUT2D eigenvalue weighted by molar-refractivity contribution is 0.122. The van der Waals surface area contributed by atoms with Crippen molar-refractivity contribution in [2.24, 2.45) is 0 Å². The van der Waals surface area contributed by atoms with E-state index in [1.165, 1.54) is 5.69 Å². The third kappa shape index (κ3) is 5.55. The topological polar surface area (TPSA) is 43.0 Å². The average molecular weight is 449 g/mol. The van der Waals surface area contributed by atoms with Gasteiger partial charge in [0.15, 0.2) is 11.5 Å². The zero-order chi connectivity index (χ0) is 19.8. The van der Waals surface area contributed by atoms with Gasteiger partial charge in [0.2, 0.25) is 0 Å². The SMILES string of the molecule is CCCOc1cc(Br)c(CNc2ccc(N3CCOCC3)cc2)cc1OCC. The summed E-state index contributed by atoms with van der Waals surface area (Å²) >= 11 is 3.67. The van der Waals surface area contributed by atoms with Gasteiger partial charge in [0.05, 0.1) is 26.4 Å². The van der Waals surface area contributed by atoms with Crippen molar-refractivity contribution in [1.82, 2.24) is 0 Å². The standard InChI is InChI=1S/C22H29BrN2O3/c1-3-11-28-22-15-20(23)17(14-21(22)27-4-2)16-24-18-5-7-19(8-6-18)25-9-12-26-13-10-25/h5-8,14-15,24H,3-4,9-13,16H2,1-2H3. The van der Waals surface area contributed by atoms with Crippen LogP contribution in [-0.4, -0.2) is 39.5 Å². The Morgan fingerprint density at radius 3 is 2.43 bits per heavy atom. The summed E-state index contributed by atoms with van der Waals surface area (Å²) in [6.07, 6.45) is 0.965. The summed E-state index contributed by atoms with van der Waals surface area (Å²) in [5.41, 5.74) is 3.46. The van der Waals surface area contributed by atoms with Gasteiger partial charge in [0.25, 0.3) is 0 Å². The summed E-state index contributed by atoms with van der Waals surface area (Å²) in [6, 6.07) is 12.6. The molecule has 0 spiro atoms. The third-order valence-corrected chi connectivity index (χ3v) is 5.34. The van der Waals surface area contributed by atoms with Crippen molar-refractivity contribution in [3.05, 3.63) is 46.4 Å². The third-order valence-electron chi connectivity index (χ3n) is 4.60. The molecule has 0 atom stereocenters. The normalized spacial score (nSPS) is 14.0. The van der Waals surface area contributed by atoms with Crippen molar-refractivity contribution in [1.29, 1.82) is 0 Å². The number of hydrogen-bond donors (Lipinski definition) is 1. The van der Waals surface area contributed by atoms with Crippen LogP contribution in [0, 0.1) is 0 Å². The smallest absolute Gasteiger partial charge is 0.162 e. The number of anilines is 2. The molecule has 1 aliphatic rings. The first-order valence-electron chi connectivity index (χ1n) is 9.96. The lowest BCUT2D eigenvalue weighted by Crippen LogP contribution is -2.36. The zero-order valence-corrected chi connectivity index (χ0v) is 18.3. The second-order valence-corrected chi connectivity index (χ2v) is 7.53. The van der Waals surface area contributed by atoms with Crippen molar-refractivity contribution < 1.29 is 14.2 Å². The van der Waals surface area contributed by atoms with Crippen LogP contribution < -0.4 is 19.7 Å². The molecule has 1 aliphatic heterocycles. The van der Waals surface area contributed by atoms with E-state index in [1.807, 2.05) is 19.1 Å². The molecule has 28 heavy (non-hydrogen) atoms. The highest BCUT2D eigenvalue weighted by Crippen LogP contribution is 2.34. The molecule has 0 aliphatic carbocycles. The monoisotopic (exact) mass is 448 g/mol. The number of morpholine rings is 1. The number of ether oxygens (including phenoxy) is 3. The van der Waals surface area contributed by atoms with Gasteiger partial charge in [-0.2, -0.15) is 0 Å². The van der Waals surface area contributed by atoms with Crippen molar-refractivity contribution in [2.75, 3.05) is 49.7 Å². The number of rotatable bonds is 9. The summed E-state index contributed by atoms with van der Waals surface area (Å²) in [5.74, 6) is 1.58. The number of nitrogens with one attached hydrogen (secondary N) is 1. The van der Waals surface area contributed by atoms with Crippen LogP contribution in [-0.2, 0) is 11.3 Å². The second-order valence-electron chi connectivity index (χ2n) is 6.67. The average Bonchev–Trinajstić information content (AvgIpc) is 2.74. The molecule has 2 aromatic rings. The molecular formula is C22H29BrN2O3. The van der Waals surface area contributed by atoms with E-state index in [2.05, 4.69) is 57.3 Å². The number of nitrogens with zero attached hydrogens (tertiary/aromatic N) is 1. The molecule has 0 bridgehead atoms. The van der Waals surface area contributed by atoms with Crippen molar-refractivity contribution >= 4 is 27.3 Å². The Balaban J connectivity index is 1.65. The minimum Gasteiger partial charge on any atom is -0.490 e. The van der Waals surface area contributed by atoms with Gasteiger partial charge >= 0.3 is 0 Å². The van der Waals surface area contributed by atoms with Crippen LogP contribution in [0.1, 0.15) is 25.8 Å². The van der Waals surface area contributed by atoms with Gasteiger partial charge in [-0.3, -0.25) is 0 Å². The van der Waals surface area contributed by atoms with E-state index in [1.54, 1.807) is 0 Å². The predicted molar refractivity (Wildman–Crippen MR) is 118 cm³/mol. The van der Waals surface area contributed by atoms with E-state index in [0.717, 1.165) is 59.9 Å². The quantitative estimate of drug-likeness (QED) is 0.578. The first-order chi connectivity index (χ1) is 13.7. The first kappa shape index (κ1) is 20.8. The Kier molecular flexibility index (Phi) is 7.86. The molecule has 6 heteroatoms. The molecule has 1 N–H and O–H groups in total. The minimum absolute atomic E-state index is 0.611. The van der Waals surface area contributed by atoms with Crippen LogP contribution in [0.3, 0.4) is 0 Å². The first-order valence-corrected chi connectivity index (χ1v) is 10.7. The van der Waals surface area contributed by atoms with E-state index >= 15 is 0 Å². The van der Waals surface area contributed by atoms with E-state index in [0.29, 0.717) is 19.8 Å². The molecule has 1 saturated heterocycles. The van der Waals surface area contributed by atoms with Gasteiger partial charge in [-0.1, -0.05) is 22.9 Å². The fourth-order valence-electron chi connectivity index (χ4n) is 3.11. The summed E-state index contributed by atoms with van der Waals surface area (Å²) < 4.78 is 18.0. The maximum Gasteiger partial charge on any atom is 0.162 e. The van der Waals surface area contributed by atoms with Crippen LogP contribution in [0.15, 0.2) is 40.9 Å². The van der Waals surface area contributed by atoms with Crippen molar-refractivity contribution in [2.45, 2.75) is 26.8 Å². The minimum atomic E-state index is 0.611. The number of hydrogen-bond acceptors (Lipinski definition) is 5. The predicted octanol–water partition coefficient (Wildman–Crippen LogP) is 5.09. The Bertz CT molecular complexity index is 746. The molecule has 0 saturated carbocycles. The molecular weight excluding hydrogens is 420 g/mol. The molecule has 2 aromatic carbocycles. The molecule has 0 unspecified atom stereocenters. The lowest BCUT2D eigenvalue weighted by Gasteiger charge is -2.29. The summed E-state index contributed by atoms with van der Waals surface area (Å²) in [5, 5.41) is 3.49. The second kappa shape index (κ2) is 10.6. The fraction of sp³-hybridized carbons (Fsp3) is 0.455. The summed E-state index contributed by atoms with van der Waals surface area (Å²) in [6.45, 7) is 9.57. The molecule has 152 valence electrons. The molecule has 0 radical (unpaired) electrons. The molecule has 5 nitrogen and oxygen atoms in total. The highest BCUT2D eigenvalue weighted by molar-refractivity contribution is 9.10. The van der Waals surface area contributed by atoms with Crippen LogP contribution in [0.25, 0.3) is 0 Å². The van der Waals surface area contributed by atoms with Crippen LogP contribution in [0.4, 0.5) is 11.4 Å². The molecule has 3 rings (SSSR count). The Morgan fingerprint density at radius 1 is 1.04 bits per heavy atom. The van der Waals surface area contributed by atoms with Crippen LogP contribution in [0.5, 0.6) is 11.5 Å². The van der Waals surface area contributed by atoms with E-state index in [4.69, 9.17) is 14.2 Å². The summed E-state index contributed by atoms with van der Waals surface area (Å²) in [7, 11) is 0. The van der Waals surface area contributed by atoms with Gasteiger partial charge < -0.3 is 24.4 Å². The van der Waals surface area contributed by atoms with Gasteiger partial charge in [-0.25, -0.2) is 0 Å². The lowest BCUT2D eigenvalue weighted by atomic mass is 10.2. The van der Waals surface area contributed by atoms with E-state index in [-0.39, 0.29) is 0 Å². The van der Waals surface area contributed by atoms with Crippen LogP contribution in [0.2, 0.25) is 0 Å². The molecule has 0 aromatic heterocycles. The van der Waals surface area contributed by atoms with Crippen LogP contribution >= 0.6 is 15.9 Å². The maximum absolute atomic E-state index is 5.82. The van der Waals surface area contributed by atoms with Gasteiger partial charge in [-0.05, 0) is 55.3 Å².